The molecule has 8 nitrogen and oxygen atoms in total. The van der Waals surface area contributed by atoms with Crippen molar-refractivity contribution in [3.05, 3.63) is 0 Å². The van der Waals surface area contributed by atoms with Crippen LogP contribution in [0.5, 0.6) is 0 Å². The van der Waals surface area contributed by atoms with E-state index >= 15 is 0 Å². The van der Waals surface area contributed by atoms with Crippen LogP contribution in [0.25, 0.3) is 0 Å². The second kappa shape index (κ2) is 10.7. The van der Waals surface area contributed by atoms with Crippen LogP contribution in [-0.4, -0.2) is 65.0 Å². The number of hydrogen-bond donors (Lipinski definition) is 1. The van der Waals surface area contributed by atoms with E-state index in [0.717, 1.165) is 5.75 Å². The lowest BCUT2D eigenvalue weighted by molar-refractivity contribution is -0.173. The van der Waals surface area contributed by atoms with Crippen molar-refractivity contribution in [3.63, 3.8) is 0 Å². The summed E-state index contributed by atoms with van der Waals surface area (Å²) in [7, 11) is 0. The Morgan fingerprint density at radius 2 is 1.81 bits per heavy atom. The van der Waals surface area contributed by atoms with Gasteiger partial charge in [0, 0.05) is 20.8 Å². The van der Waals surface area contributed by atoms with Gasteiger partial charge in [0.25, 0.3) is 0 Å². The maximum absolute atomic E-state index is 11.6. The Bertz CT molecular complexity index is 543. The Morgan fingerprint density at radius 3 is 2.27 bits per heavy atom. The Hall–Kier alpha value is -1.39. The molecular weight excluding hydrogens is 382 g/mol. The van der Waals surface area contributed by atoms with E-state index < -0.39 is 42.3 Å². The average Bonchev–Trinajstić information content (AvgIpc) is 2.80. The smallest absolute Gasteiger partial charge is 0.303 e. The van der Waals surface area contributed by atoms with Crippen molar-refractivity contribution in [3.8, 4) is 0 Å². The molecule has 5 unspecified atom stereocenters. The van der Waals surface area contributed by atoms with Crippen LogP contribution in [-0.2, 0) is 33.3 Å². The molecule has 1 rings (SSSR count). The van der Waals surface area contributed by atoms with Crippen LogP contribution in [0.3, 0.4) is 0 Å². The molecule has 0 aromatic heterocycles. The Balaban J connectivity index is 3.13. The zero-order valence-electron chi connectivity index (χ0n) is 15.5. The Labute approximate surface area is 162 Å². The first-order chi connectivity index (χ1) is 12.1. The molecule has 1 aliphatic heterocycles. The summed E-state index contributed by atoms with van der Waals surface area (Å²) in [6.45, 7) is 7.25. The van der Waals surface area contributed by atoms with E-state index in [1.165, 1.54) is 32.5 Å². The first-order valence-electron chi connectivity index (χ1n) is 8.17. The number of thioether (sulfide) groups is 1. The van der Waals surface area contributed by atoms with Gasteiger partial charge < -0.3 is 24.3 Å². The van der Waals surface area contributed by atoms with Crippen LogP contribution in [0.2, 0.25) is 0 Å². The monoisotopic (exact) mass is 407 g/mol. The third-order valence-corrected chi connectivity index (χ3v) is 4.58. The van der Waals surface area contributed by atoms with Gasteiger partial charge in [0.1, 0.15) is 24.2 Å². The molecule has 1 aliphatic rings. The van der Waals surface area contributed by atoms with Gasteiger partial charge in [-0.1, -0.05) is 19.1 Å². The van der Waals surface area contributed by atoms with Gasteiger partial charge in [0.15, 0.2) is 12.2 Å². The molecule has 0 aliphatic carbocycles. The normalized spacial score (nSPS) is 25.9. The predicted molar refractivity (Wildman–Crippen MR) is 99.7 cm³/mol. The quantitative estimate of drug-likeness (QED) is 0.359. The molecule has 0 spiro atoms. The van der Waals surface area contributed by atoms with E-state index in [9.17, 15) is 14.4 Å². The molecule has 0 saturated carbocycles. The molecule has 0 radical (unpaired) electrons. The molecule has 0 bridgehead atoms. The number of carbonyl (C=O) groups excluding carboxylic acids is 3. The van der Waals surface area contributed by atoms with Gasteiger partial charge in [-0.25, -0.2) is 0 Å². The Morgan fingerprint density at radius 1 is 1.15 bits per heavy atom. The fraction of sp³-hybridized carbons (Fsp3) is 0.750. The van der Waals surface area contributed by atoms with E-state index in [2.05, 4.69) is 5.32 Å². The van der Waals surface area contributed by atoms with Crippen LogP contribution >= 0.6 is 24.0 Å². The fourth-order valence-electron chi connectivity index (χ4n) is 2.61. The maximum atomic E-state index is 11.6. The lowest BCUT2D eigenvalue weighted by Gasteiger charge is -2.28. The van der Waals surface area contributed by atoms with Crippen LogP contribution < -0.4 is 5.32 Å². The van der Waals surface area contributed by atoms with E-state index in [1.807, 2.05) is 6.92 Å². The first-order valence-corrected chi connectivity index (χ1v) is 9.63. The molecule has 1 heterocycles. The van der Waals surface area contributed by atoms with Gasteiger partial charge in [-0.05, 0) is 12.7 Å². The molecule has 1 fully saturated rings. The molecule has 0 aromatic carbocycles. The number of nitrogens with one attached hydrogen (secondary N) is 1. The summed E-state index contributed by atoms with van der Waals surface area (Å²) >= 11 is 6.62. The van der Waals surface area contributed by atoms with E-state index in [1.54, 1.807) is 6.92 Å². The van der Waals surface area contributed by atoms with Crippen LogP contribution in [0, 0.1) is 0 Å². The number of rotatable bonds is 8. The van der Waals surface area contributed by atoms with Gasteiger partial charge >= 0.3 is 17.9 Å². The first kappa shape index (κ1) is 22.7. The maximum Gasteiger partial charge on any atom is 0.303 e. The van der Waals surface area contributed by atoms with Gasteiger partial charge in [0.2, 0.25) is 0 Å². The summed E-state index contributed by atoms with van der Waals surface area (Å²) < 4.78 is 21.7. The number of ether oxygens (including phenoxy) is 4. The number of esters is 3. The molecule has 10 heteroatoms. The van der Waals surface area contributed by atoms with E-state index in [4.69, 9.17) is 31.2 Å². The van der Waals surface area contributed by atoms with Gasteiger partial charge in [-0.3, -0.25) is 14.4 Å². The Kier molecular flexibility index (Phi) is 9.31. The van der Waals surface area contributed by atoms with Gasteiger partial charge in [-0.15, -0.1) is 11.8 Å². The van der Waals surface area contributed by atoms with Crippen molar-refractivity contribution < 1.29 is 33.3 Å². The highest BCUT2D eigenvalue weighted by molar-refractivity contribution is 7.99. The predicted octanol–water partition coefficient (Wildman–Crippen LogP) is 1.20. The number of carbonyl (C=O) groups is 3. The topological polar surface area (TPSA) is 100 Å². The third kappa shape index (κ3) is 7.08. The molecule has 0 amide bonds. The number of hydrogen-bond acceptors (Lipinski definition) is 9. The van der Waals surface area contributed by atoms with E-state index in [-0.39, 0.29) is 12.0 Å². The minimum atomic E-state index is -0.919. The largest absolute Gasteiger partial charge is 0.462 e. The van der Waals surface area contributed by atoms with Crippen molar-refractivity contribution in [1.29, 1.82) is 0 Å². The van der Waals surface area contributed by atoms with Gasteiger partial charge in [-0.2, -0.15) is 0 Å². The molecule has 26 heavy (non-hydrogen) atoms. The van der Waals surface area contributed by atoms with Crippen LogP contribution in [0.1, 0.15) is 34.6 Å². The average molecular weight is 408 g/mol. The minimum absolute atomic E-state index is 0.204. The third-order valence-electron chi connectivity index (χ3n) is 3.40. The molecule has 1 N–H and O–H groups in total. The molecule has 148 valence electrons. The fourth-order valence-corrected chi connectivity index (χ4v) is 3.71. The lowest BCUT2D eigenvalue weighted by atomic mass is 10.0. The standard InChI is InChI=1S/C16H25NO7S2/c1-6-26-16-13(17-8(2)25)15(23-11(5)20)14(24-16)12(22-10(4)19)7-21-9(3)18/h12-16H,6-7H2,1-5H3,(H,17,25). The van der Waals surface area contributed by atoms with E-state index in [0.29, 0.717) is 4.99 Å². The van der Waals surface area contributed by atoms with Crippen molar-refractivity contribution in [1.82, 2.24) is 5.32 Å². The summed E-state index contributed by atoms with van der Waals surface area (Å²) in [6, 6.07) is -0.429. The highest BCUT2D eigenvalue weighted by atomic mass is 32.2. The lowest BCUT2D eigenvalue weighted by Crippen LogP contribution is -2.51. The summed E-state index contributed by atoms with van der Waals surface area (Å²) in [5, 5.41) is 3.10. The zero-order chi connectivity index (χ0) is 19.9. The van der Waals surface area contributed by atoms with Crippen molar-refractivity contribution >= 4 is 46.9 Å². The van der Waals surface area contributed by atoms with Crippen LogP contribution in [0.15, 0.2) is 0 Å². The number of thiocarbonyl (C=S) groups is 1. The molecular formula is C16H25NO7S2. The van der Waals surface area contributed by atoms with Gasteiger partial charge in [0.05, 0.1) is 4.99 Å². The summed E-state index contributed by atoms with van der Waals surface area (Å²) in [5.74, 6) is -0.836. The van der Waals surface area contributed by atoms with Crippen molar-refractivity contribution in [2.45, 2.75) is 64.4 Å². The summed E-state index contributed by atoms with van der Waals surface area (Å²) in [5.41, 5.74) is -0.386. The molecule has 5 atom stereocenters. The second-order valence-corrected chi connectivity index (χ2v) is 7.66. The minimum Gasteiger partial charge on any atom is -0.462 e. The zero-order valence-corrected chi connectivity index (χ0v) is 17.1. The summed E-state index contributed by atoms with van der Waals surface area (Å²) in [4.78, 5) is 34.8. The van der Waals surface area contributed by atoms with Crippen LogP contribution in [0.4, 0.5) is 0 Å². The molecule has 1 saturated heterocycles. The summed E-state index contributed by atoms with van der Waals surface area (Å²) in [6.07, 6.45) is -2.50. The highest BCUT2D eigenvalue weighted by Gasteiger charge is 2.51. The highest BCUT2D eigenvalue weighted by Crippen LogP contribution is 2.34. The SMILES string of the molecule is CCSC1OC(C(COC(C)=O)OC(C)=O)C(OC(C)=O)C1NC(C)=S. The molecule has 0 aromatic rings. The second-order valence-electron chi connectivity index (χ2n) is 5.68. The van der Waals surface area contributed by atoms with Crippen molar-refractivity contribution in [2.24, 2.45) is 0 Å². The van der Waals surface area contributed by atoms with Crippen molar-refractivity contribution in [2.75, 3.05) is 12.4 Å².